The van der Waals surface area contributed by atoms with Crippen LogP contribution in [-0.2, 0) is 11.3 Å². The standard InChI is InChI=1S/C26H27N5O2/c1-29-11-13-30(14-12-29)26(33)21-9-7-20(8-10-21)22-15-23-25(27-16-22)28-17-24(32)31(23)18-19-5-3-2-4-6-19/h2-10,15-16H,11-14,17-18H2,1H3,(H,27,28). The normalized spacial score (nSPS) is 16.3. The summed E-state index contributed by atoms with van der Waals surface area (Å²) in [6.45, 7) is 4.04. The molecule has 0 bridgehead atoms. The minimum Gasteiger partial charge on any atom is -0.359 e. The number of nitrogens with zero attached hydrogens (tertiary/aromatic N) is 4. The topological polar surface area (TPSA) is 68.8 Å². The summed E-state index contributed by atoms with van der Waals surface area (Å²) in [6, 6.07) is 19.6. The number of likely N-dealkylation sites (N-methyl/N-ethyl adjacent to an activating group) is 1. The highest BCUT2D eigenvalue weighted by Crippen LogP contribution is 2.33. The van der Waals surface area contributed by atoms with E-state index in [1.807, 2.05) is 65.6 Å². The maximum absolute atomic E-state index is 12.8. The molecular weight excluding hydrogens is 414 g/mol. The van der Waals surface area contributed by atoms with Gasteiger partial charge in [0.25, 0.3) is 5.91 Å². The molecule has 0 atom stereocenters. The Hall–Kier alpha value is -3.71. The van der Waals surface area contributed by atoms with Gasteiger partial charge in [0.15, 0.2) is 5.82 Å². The van der Waals surface area contributed by atoms with Crippen LogP contribution in [0, 0.1) is 0 Å². The van der Waals surface area contributed by atoms with Gasteiger partial charge in [-0.25, -0.2) is 4.98 Å². The largest absolute Gasteiger partial charge is 0.359 e. The summed E-state index contributed by atoms with van der Waals surface area (Å²) in [5.74, 6) is 0.789. The van der Waals surface area contributed by atoms with Crippen LogP contribution >= 0.6 is 0 Å². The van der Waals surface area contributed by atoms with E-state index in [4.69, 9.17) is 0 Å². The first-order chi connectivity index (χ1) is 16.1. The van der Waals surface area contributed by atoms with E-state index in [-0.39, 0.29) is 18.4 Å². The second-order valence-corrected chi connectivity index (χ2v) is 8.58. The molecule has 1 N–H and O–H groups in total. The van der Waals surface area contributed by atoms with Gasteiger partial charge in [-0.15, -0.1) is 0 Å². The monoisotopic (exact) mass is 441 g/mol. The Morgan fingerprint density at radius 2 is 1.70 bits per heavy atom. The molecule has 0 saturated carbocycles. The number of nitrogens with one attached hydrogen (secondary N) is 1. The molecule has 1 saturated heterocycles. The number of piperazine rings is 1. The Labute approximate surface area is 193 Å². The Kier molecular flexibility index (Phi) is 5.79. The Bertz CT molecular complexity index is 1160. The van der Waals surface area contributed by atoms with Crippen LogP contribution in [0.3, 0.4) is 0 Å². The zero-order valence-electron chi connectivity index (χ0n) is 18.7. The molecule has 1 aromatic heterocycles. The molecule has 2 amide bonds. The van der Waals surface area contributed by atoms with Gasteiger partial charge in [-0.3, -0.25) is 9.59 Å². The van der Waals surface area contributed by atoms with E-state index < -0.39 is 0 Å². The number of fused-ring (bicyclic) bond motifs is 1. The second kappa shape index (κ2) is 9.03. The lowest BCUT2D eigenvalue weighted by Crippen LogP contribution is -2.47. The van der Waals surface area contributed by atoms with Crippen molar-refractivity contribution >= 4 is 23.3 Å². The SMILES string of the molecule is CN1CCN(C(=O)c2ccc(-c3cnc4c(c3)N(Cc3ccccc3)C(=O)CN4)cc2)CC1. The van der Waals surface area contributed by atoms with Crippen molar-refractivity contribution in [2.45, 2.75) is 6.54 Å². The Morgan fingerprint density at radius 3 is 2.42 bits per heavy atom. The number of pyridine rings is 1. The van der Waals surface area contributed by atoms with Crippen molar-refractivity contribution in [1.29, 1.82) is 0 Å². The Morgan fingerprint density at radius 1 is 0.970 bits per heavy atom. The lowest BCUT2D eigenvalue weighted by atomic mass is 10.0. The number of amides is 2. The van der Waals surface area contributed by atoms with Gasteiger partial charge in [-0.05, 0) is 36.4 Å². The molecular formula is C26H27N5O2. The number of carbonyl (C=O) groups excluding carboxylic acids is 2. The van der Waals surface area contributed by atoms with Crippen molar-refractivity contribution in [3.63, 3.8) is 0 Å². The number of carbonyl (C=O) groups is 2. The molecule has 2 aromatic carbocycles. The summed E-state index contributed by atoms with van der Waals surface area (Å²) in [5, 5.41) is 3.11. The zero-order chi connectivity index (χ0) is 22.8. The van der Waals surface area contributed by atoms with Crippen LogP contribution in [-0.4, -0.2) is 66.4 Å². The molecule has 3 heterocycles. The molecule has 0 aliphatic carbocycles. The average Bonchev–Trinajstić information content (AvgIpc) is 2.86. The molecule has 5 rings (SSSR count). The first-order valence-electron chi connectivity index (χ1n) is 11.2. The molecule has 7 nitrogen and oxygen atoms in total. The van der Waals surface area contributed by atoms with Crippen molar-refractivity contribution in [2.24, 2.45) is 0 Å². The fourth-order valence-electron chi connectivity index (χ4n) is 4.28. The highest BCUT2D eigenvalue weighted by molar-refractivity contribution is 6.02. The predicted molar refractivity (Wildman–Crippen MR) is 129 cm³/mol. The number of anilines is 2. The summed E-state index contributed by atoms with van der Waals surface area (Å²) in [6.07, 6.45) is 1.81. The number of hydrogen-bond acceptors (Lipinski definition) is 5. The highest BCUT2D eigenvalue weighted by atomic mass is 16.2. The van der Waals surface area contributed by atoms with Gasteiger partial charge in [0, 0.05) is 43.5 Å². The van der Waals surface area contributed by atoms with Gasteiger partial charge in [0.2, 0.25) is 5.91 Å². The Balaban J connectivity index is 1.38. The summed E-state index contributed by atoms with van der Waals surface area (Å²) in [5.41, 5.74) is 4.39. The van der Waals surface area contributed by atoms with Crippen LogP contribution in [0.15, 0.2) is 66.9 Å². The molecule has 1 fully saturated rings. The zero-order valence-corrected chi connectivity index (χ0v) is 18.7. The lowest BCUT2D eigenvalue weighted by Gasteiger charge is -2.32. The second-order valence-electron chi connectivity index (χ2n) is 8.58. The smallest absolute Gasteiger partial charge is 0.253 e. The van der Waals surface area contributed by atoms with E-state index in [1.54, 1.807) is 11.1 Å². The fraction of sp³-hybridized carbons (Fsp3) is 0.269. The van der Waals surface area contributed by atoms with Gasteiger partial charge in [0.1, 0.15) is 0 Å². The molecule has 2 aliphatic rings. The number of rotatable bonds is 4. The number of benzene rings is 2. The summed E-state index contributed by atoms with van der Waals surface area (Å²) < 4.78 is 0. The third-order valence-corrected chi connectivity index (χ3v) is 6.31. The molecule has 0 unspecified atom stereocenters. The lowest BCUT2D eigenvalue weighted by molar-refractivity contribution is -0.117. The van der Waals surface area contributed by atoms with Crippen LogP contribution in [0.4, 0.5) is 11.5 Å². The fourth-order valence-corrected chi connectivity index (χ4v) is 4.28. The number of hydrogen-bond donors (Lipinski definition) is 1. The minimum absolute atomic E-state index is 0.0124. The summed E-state index contributed by atoms with van der Waals surface area (Å²) in [4.78, 5) is 36.0. The number of aromatic nitrogens is 1. The summed E-state index contributed by atoms with van der Waals surface area (Å²) in [7, 11) is 2.08. The van der Waals surface area contributed by atoms with E-state index in [9.17, 15) is 9.59 Å². The maximum Gasteiger partial charge on any atom is 0.253 e. The van der Waals surface area contributed by atoms with Crippen molar-refractivity contribution in [1.82, 2.24) is 14.8 Å². The van der Waals surface area contributed by atoms with E-state index in [0.29, 0.717) is 17.9 Å². The van der Waals surface area contributed by atoms with Gasteiger partial charge in [-0.2, -0.15) is 0 Å². The van der Waals surface area contributed by atoms with E-state index in [2.05, 4.69) is 22.2 Å². The van der Waals surface area contributed by atoms with E-state index >= 15 is 0 Å². The summed E-state index contributed by atoms with van der Waals surface area (Å²) >= 11 is 0. The van der Waals surface area contributed by atoms with Gasteiger partial charge in [-0.1, -0.05) is 42.5 Å². The van der Waals surface area contributed by atoms with Gasteiger partial charge >= 0.3 is 0 Å². The quantitative estimate of drug-likeness (QED) is 0.674. The van der Waals surface area contributed by atoms with Crippen molar-refractivity contribution in [3.05, 3.63) is 78.0 Å². The van der Waals surface area contributed by atoms with Crippen LogP contribution in [0.5, 0.6) is 0 Å². The van der Waals surface area contributed by atoms with Crippen LogP contribution in [0.1, 0.15) is 15.9 Å². The molecule has 7 heteroatoms. The first kappa shape index (κ1) is 21.2. The van der Waals surface area contributed by atoms with E-state index in [1.165, 1.54) is 0 Å². The van der Waals surface area contributed by atoms with Crippen LogP contribution in [0.2, 0.25) is 0 Å². The maximum atomic E-state index is 12.8. The molecule has 33 heavy (non-hydrogen) atoms. The van der Waals surface area contributed by atoms with Crippen molar-refractivity contribution in [2.75, 3.05) is 50.0 Å². The molecule has 0 radical (unpaired) electrons. The minimum atomic E-state index is 0.0124. The van der Waals surface area contributed by atoms with Gasteiger partial charge < -0.3 is 20.0 Å². The van der Waals surface area contributed by atoms with Crippen molar-refractivity contribution in [3.8, 4) is 11.1 Å². The average molecular weight is 442 g/mol. The molecule has 0 spiro atoms. The molecule has 2 aliphatic heterocycles. The third-order valence-electron chi connectivity index (χ3n) is 6.31. The van der Waals surface area contributed by atoms with E-state index in [0.717, 1.165) is 48.6 Å². The molecule has 168 valence electrons. The van der Waals surface area contributed by atoms with Gasteiger partial charge in [0.05, 0.1) is 18.8 Å². The van der Waals surface area contributed by atoms with Crippen LogP contribution in [0.25, 0.3) is 11.1 Å². The van der Waals surface area contributed by atoms with Crippen molar-refractivity contribution < 1.29 is 9.59 Å². The molecule has 3 aromatic rings. The highest BCUT2D eigenvalue weighted by Gasteiger charge is 2.26. The predicted octanol–water partition coefficient (Wildman–Crippen LogP) is 3.09. The third kappa shape index (κ3) is 4.45. The van der Waals surface area contributed by atoms with Crippen LogP contribution < -0.4 is 10.2 Å². The first-order valence-corrected chi connectivity index (χ1v) is 11.2.